The molecule has 0 saturated heterocycles. The Morgan fingerprint density at radius 1 is 0.767 bits per heavy atom. The highest BCUT2D eigenvalue weighted by Gasteiger charge is 2.53. The average molecular weight is 532 g/mol. The van der Waals surface area contributed by atoms with E-state index in [1.807, 2.05) is 0 Å². The summed E-state index contributed by atoms with van der Waals surface area (Å²) in [5.41, 5.74) is 8.36. The van der Waals surface area contributed by atoms with Crippen molar-refractivity contribution in [1.82, 2.24) is 0 Å². The fraction of sp³-hybridized carbons (Fsp3) is 0.462. The molecule has 30 heavy (non-hydrogen) atoms. The van der Waals surface area contributed by atoms with Gasteiger partial charge >= 0.3 is 6.17 Å². The number of halogens is 2. The zero-order chi connectivity index (χ0) is 22.0. The molecule has 0 fully saturated rings. The van der Waals surface area contributed by atoms with Gasteiger partial charge in [0.15, 0.2) is 11.4 Å². The molecule has 0 bridgehead atoms. The Labute approximate surface area is 198 Å². The first-order chi connectivity index (χ1) is 14.0. The molecule has 0 radical (unpaired) electrons. The number of benzene rings is 2. The van der Waals surface area contributed by atoms with E-state index in [0.29, 0.717) is 0 Å². The predicted molar refractivity (Wildman–Crippen MR) is 134 cm³/mol. The van der Waals surface area contributed by atoms with Crippen LogP contribution in [0.4, 0.5) is 11.4 Å². The third-order valence-electron chi connectivity index (χ3n) is 7.46. The van der Waals surface area contributed by atoms with Crippen molar-refractivity contribution < 1.29 is 9.15 Å². The summed E-state index contributed by atoms with van der Waals surface area (Å²) in [6.45, 7) is 16.3. The summed E-state index contributed by atoms with van der Waals surface area (Å²) in [7, 11) is 0. The molecule has 0 aliphatic carbocycles. The van der Waals surface area contributed by atoms with E-state index in [2.05, 4.69) is 126 Å². The van der Waals surface area contributed by atoms with Gasteiger partial charge in [-0.1, -0.05) is 38.8 Å². The Bertz CT molecular complexity index is 1020. The van der Waals surface area contributed by atoms with Crippen LogP contribution < -0.4 is 0 Å². The number of fused-ring (bicyclic) bond motifs is 2. The number of hydrogen-bond acceptors (Lipinski definition) is 0. The summed E-state index contributed by atoms with van der Waals surface area (Å²) in [5.74, 6) is 0. The van der Waals surface area contributed by atoms with Crippen LogP contribution >= 0.6 is 31.9 Å². The van der Waals surface area contributed by atoms with E-state index in [4.69, 9.17) is 0 Å². The van der Waals surface area contributed by atoms with Gasteiger partial charge in [0.25, 0.3) is 0 Å². The second-order valence-corrected chi connectivity index (χ2v) is 11.6. The van der Waals surface area contributed by atoms with Crippen LogP contribution in [0.15, 0.2) is 45.3 Å². The molecule has 0 spiro atoms. The quantitative estimate of drug-likeness (QED) is 0.354. The Kier molecular flexibility index (Phi) is 5.42. The van der Waals surface area contributed by atoms with Crippen LogP contribution in [-0.2, 0) is 10.8 Å². The monoisotopic (exact) mass is 530 g/mol. The lowest BCUT2D eigenvalue weighted by Crippen LogP contribution is -2.39. The lowest BCUT2D eigenvalue weighted by Gasteiger charge is -2.16. The van der Waals surface area contributed by atoms with Crippen molar-refractivity contribution in [2.24, 2.45) is 0 Å². The standard InChI is InChI=1S/C26H32Br2N2/c1-8-9-24(29-16(2)25(4,5)20-14-18(27)10-12-22(20)29)30-17(3)26(6,7)21-15-19(28)11-13-23(21)30/h10-15,24H,8-9H2,1-7H3/q+2. The lowest BCUT2D eigenvalue weighted by atomic mass is 9.82. The van der Waals surface area contributed by atoms with Gasteiger partial charge in [0.05, 0.1) is 17.3 Å². The largest absolute Gasteiger partial charge is 0.353 e. The summed E-state index contributed by atoms with van der Waals surface area (Å²) >= 11 is 7.39. The zero-order valence-electron chi connectivity index (χ0n) is 19.1. The minimum absolute atomic E-state index is 0.0107. The molecule has 0 atom stereocenters. The molecule has 4 heteroatoms. The van der Waals surface area contributed by atoms with Gasteiger partial charge in [0.1, 0.15) is 0 Å². The average Bonchev–Trinajstić information content (AvgIpc) is 2.99. The van der Waals surface area contributed by atoms with Crippen LogP contribution in [0.3, 0.4) is 0 Å². The SMILES string of the molecule is CCCC([N+]1=C(C)C(C)(C)c2cc(Br)ccc21)[N+]1=C(C)C(C)(C)c2cc(Br)ccc21. The fourth-order valence-electron chi connectivity index (χ4n) is 5.19. The van der Waals surface area contributed by atoms with Gasteiger partial charge in [0, 0.05) is 46.1 Å². The van der Waals surface area contributed by atoms with Crippen LogP contribution in [0, 0.1) is 0 Å². The maximum Gasteiger partial charge on any atom is 0.353 e. The summed E-state index contributed by atoms with van der Waals surface area (Å²) in [4.78, 5) is 0. The molecule has 2 heterocycles. The van der Waals surface area contributed by atoms with Gasteiger partial charge in [-0.3, -0.25) is 0 Å². The van der Waals surface area contributed by atoms with Gasteiger partial charge in [-0.05, 0) is 58.4 Å². The second-order valence-electron chi connectivity index (χ2n) is 9.75. The van der Waals surface area contributed by atoms with Crippen molar-refractivity contribution in [3.05, 3.63) is 56.5 Å². The molecule has 2 aromatic rings. The van der Waals surface area contributed by atoms with Crippen molar-refractivity contribution in [2.75, 3.05) is 0 Å². The van der Waals surface area contributed by atoms with Crippen molar-refractivity contribution in [3.8, 4) is 0 Å². The van der Waals surface area contributed by atoms with Gasteiger partial charge in [-0.25, -0.2) is 0 Å². The van der Waals surface area contributed by atoms with Gasteiger partial charge in [-0.2, -0.15) is 0 Å². The fourth-order valence-corrected chi connectivity index (χ4v) is 5.91. The summed E-state index contributed by atoms with van der Waals surface area (Å²) in [6, 6.07) is 13.5. The molecule has 0 unspecified atom stereocenters. The zero-order valence-corrected chi connectivity index (χ0v) is 22.3. The molecule has 0 saturated carbocycles. The second kappa shape index (κ2) is 7.41. The number of hydrogen-bond donors (Lipinski definition) is 0. The highest BCUT2D eigenvalue weighted by molar-refractivity contribution is 9.10. The molecule has 2 aromatic carbocycles. The topological polar surface area (TPSA) is 6.02 Å². The molecular formula is C26H32Br2N2+2. The Hall–Kier alpha value is -1.26. The van der Waals surface area contributed by atoms with E-state index in [0.717, 1.165) is 21.8 Å². The van der Waals surface area contributed by atoms with E-state index in [9.17, 15) is 0 Å². The highest BCUT2D eigenvalue weighted by atomic mass is 79.9. The molecule has 0 amide bonds. The molecule has 2 aliphatic rings. The summed E-state index contributed by atoms with van der Waals surface area (Å²) in [5, 5.41) is 0. The van der Waals surface area contributed by atoms with Crippen LogP contribution in [0.5, 0.6) is 0 Å². The third-order valence-corrected chi connectivity index (χ3v) is 8.44. The van der Waals surface area contributed by atoms with E-state index in [1.165, 1.54) is 33.9 Å². The maximum atomic E-state index is 3.70. The van der Waals surface area contributed by atoms with Crippen molar-refractivity contribution in [1.29, 1.82) is 0 Å². The molecule has 0 N–H and O–H groups in total. The molecule has 2 nitrogen and oxygen atoms in total. The number of rotatable bonds is 4. The minimum atomic E-state index is 0.0107. The van der Waals surface area contributed by atoms with Gasteiger partial charge < -0.3 is 0 Å². The lowest BCUT2D eigenvalue weighted by molar-refractivity contribution is -0.707. The first kappa shape index (κ1) is 22.0. The molecule has 4 rings (SSSR count). The van der Waals surface area contributed by atoms with E-state index >= 15 is 0 Å². The first-order valence-corrected chi connectivity index (χ1v) is 12.5. The van der Waals surface area contributed by atoms with Crippen molar-refractivity contribution in [2.45, 2.75) is 78.3 Å². The van der Waals surface area contributed by atoms with Gasteiger partial charge in [0.2, 0.25) is 11.4 Å². The van der Waals surface area contributed by atoms with E-state index in [1.54, 1.807) is 0 Å². The van der Waals surface area contributed by atoms with Crippen LogP contribution in [0.2, 0.25) is 0 Å². The van der Waals surface area contributed by atoms with Crippen LogP contribution in [0.1, 0.15) is 72.4 Å². The summed E-state index contributed by atoms with van der Waals surface area (Å²) < 4.78 is 7.52. The van der Waals surface area contributed by atoms with Crippen LogP contribution in [0.25, 0.3) is 0 Å². The highest BCUT2D eigenvalue weighted by Crippen LogP contribution is 2.46. The molecule has 0 aromatic heterocycles. The van der Waals surface area contributed by atoms with Crippen LogP contribution in [-0.4, -0.2) is 26.7 Å². The van der Waals surface area contributed by atoms with E-state index < -0.39 is 0 Å². The predicted octanol–water partition coefficient (Wildman–Crippen LogP) is 7.83. The minimum Gasteiger partial charge on any atom is -0.138 e. The Morgan fingerprint density at radius 2 is 1.17 bits per heavy atom. The first-order valence-electron chi connectivity index (χ1n) is 10.9. The van der Waals surface area contributed by atoms with E-state index in [-0.39, 0.29) is 17.0 Å². The molecular weight excluding hydrogens is 500 g/mol. The Morgan fingerprint density at radius 3 is 1.53 bits per heavy atom. The normalized spacial score (nSPS) is 19.0. The third kappa shape index (κ3) is 3.09. The van der Waals surface area contributed by atoms with Crippen molar-refractivity contribution >= 4 is 54.7 Å². The smallest absolute Gasteiger partial charge is 0.138 e. The Balaban J connectivity index is 1.98. The number of nitrogens with zero attached hydrogens (tertiary/aromatic N) is 2. The van der Waals surface area contributed by atoms with Crippen molar-refractivity contribution in [3.63, 3.8) is 0 Å². The maximum absolute atomic E-state index is 3.70. The summed E-state index contributed by atoms with van der Waals surface area (Å²) in [6.07, 6.45) is 2.50. The van der Waals surface area contributed by atoms with Gasteiger partial charge in [-0.15, -0.1) is 9.15 Å². The molecule has 158 valence electrons. The molecule has 2 aliphatic heterocycles.